The molecule has 0 aliphatic rings. The Kier molecular flexibility index (Phi) is 2.83. The van der Waals surface area contributed by atoms with E-state index in [1.165, 1.54) is 0 Å². The van der Waals surface area contributed by atoms with E-state index in [1.807, 2.05) is 19.1 Å². The lowest BCUT2D eigenvalue weighted by atomic mass is 10.2. The van der Waals surface area contributed by atoms with E-state index in [-0.39, 0.29) is 0 Å². The number of rotatable bonds is 3. The molecule has 2 aromatic heterocycles. The first kappa shape index (κ1) is 11.9. The van der Waals surface area contributed by atoms with Crippen molar-refractivity contribution in [2.75, 3.05) is 11.1 Å². The Labute approximate surface area is 113 Å². The van der Waals surface area contributed by atoms with Gasteiger partial charge in [-0.3, -0.25) is 0 Å². The fourth-order valence-electron chi connectivity index (χ4n) is 1.84. The molecule has 19 heavy (non-hydrogen) atoms. The summed E-state index contributed by atoms with van der Waals surface area (Å²) in [6.45, 7) is 4.21. The van der Waals surface area contributed by atoms with Gasteiger partial charge in [-0.1, -0.05) is 5.16 Å². The normalized spacial score (nSPS) is 11.1. The number of nitrogens with zero attached hydrogens (tertiary/aromatic N) is 3. The Hall–Kier alpha value is -2.15. The molecule has 0 radical (unpaired) electrons. The minimum absolute atomic E-state index is 0.444. The number of nitrogens with two attached hydrogens (primary N) is 1. The van der Waals surface area contributed by atoms with Crippen molar-refractivity contribution in [3.63, 3.8) is 0 Å². The first-order chi connectivity index (χ1) is 9.11. The minimum atomic E-state index is 0.444. The molecule has 98 valence electrons. The van der Waals surface area contributed by atoms with Gasteiger partial charge in [-0.2, -0.15) is 4.98 Å². The van der Waals surface area contributed by atoms with Crippen LogP contribution < -0.4 is 11.1 Å². The van der Waals surface area contributed by atoms with Gasteiger partial charge in [0.2, 0.25) is 5.89 Å². The standard InChI is InChI=1S/C12H13N5OS/c1-6-15-12(18-17-6)5-14-9-4-10-11(3-8(9)13)19-7(2)16-10/h3-4,14H,5,13H2,1-2H3. The van der Waals surface area contributed by atoms with Gasteiger partial charge in [0.05, 0.1) is 33.1 Å². The van der Waals surface area contributed by atoms with Crippen LogP contribution in [0.25, 0.3) is 10.2 Å². The summed E-state index contributed by atoms with van der Waals surface area (Å²) >= 11 is 1.63. The molecule has 3 N–H and O–H groups in total. The zero-order valence-corrected chi connectivity index (χ0v) is 11.4. The first-order valence-electron chi connectivity index (χ1n) is 5.81. The number of benzene rings is 1. The van der Waals surface area contributed by atoms with Crippen LogP contribution in [0.4, 0.5) is 11.4 Å². The number of hydrogen-bond acceptors (Lipinski definition) is 7. The van der Waals surface area contributed by atoms with E-state index in [2.05, 4.69) is 20.4 Å². The maximum atomic E-state index is 6.02. The number of anilines is 2. The van der Waals surface area contributed by atoms with Crippen LogP contribution in [0, 0.1) is 13.8 Å². The largest absolute Gasteiger partial charge is 0.397 e. The topological polar surface area (TPSA) is 89.9 Å². The van der Waals surface area contributed by atoms with Gasteiger partial charge in [0.1, 0.15) is 0 Å². The molecule has 2 heterocycles. The van der Waals surface area contributed by atoms with Gasteiger partial charge in [-0.25, -0.2) is 4.98 Å². The molecule has 0 fully saturated rings. The average molecular weight is 275 g/mol. The summed E-state index contributed by atoms with van der Waals surface area (Å²) in [4.78, 5) is 8.57. The van der Waals surface area contributed by atoms with Gasteiger partial charge >= 0.3 is 0 Å². The fraction of sp³-hybridized carbons (Fsp3) is 0.250. The van der Waals surface area contributed by atoms with Crippen LogP contribution >= 0.6 is 11.3 Å². The number of nitrogen functional groups attached to an aromatic ring is 1. The summed E-state index contributed by atoms with van der Waals surface area (Å²) in [5.41, 5.74) is 8.48. The van der Waals surface area contributed by atoms with Crippen molar-refractivity contribution in [3.8, 4) is 0 Å². The van der Waals surface area contributed by atoms with Crippen LogP contribution in [0.5, 0.6) is 0 Å². The van der Waals surface area contributed by atoms with Crippen LogP contribution in [0.3, 0.4) is 0 Å². The second kappa shape index (κ2) is 4.51. The quantitative estimate of drug-likeness (QED) is 0.714. The van der Waals surface area contributed by atoms with Crippen LogP contribution in [0.1, 0.15) is 16.7 Å². The van der Waals surface area contributed by atoms with E-state index in [0.29, 0.717) is 23.9 Å². The van der Waals surface area contributed by atoms with Crippen molar-refractivity contribution in [1.82, 2.24) is 15.1 Å². The predicted molar refractivity (Wildman–Crippen MR) is 75.1 cm³/mol. The molecule has 3 aromatic rings. The number of fused-ring (bicyclic) bond motifs is 1. The maximum Gasteiger partial charge on any atom is 0.245 e. The van der Waals surface area contributed by atoms with Gasteiger partial charge < -0.3 is 15.6 Å². The van der Waals surface area contributed by atoms with Gasteiger partial charge in [-0.15, -0.1) is 11.3 Å². The molecule has 0 amide bonds. The van der Waals surface area contributed by atoms with Crippen molar-refractivity contribution >= 4 is 32.9 Å². The summed E-state index contributed by atoms with van der Waals surface area (Å²) in [5.74, 6) is 1.15. The molecule has 0 atom stereocenters. The molecule has 6 nitrogen and oxygen atoms in total. The Morgan fingerprint density at radius 2 is 2.16 bits per heavy atom. The fourth-order valence-corrected chi connectivity index (χ4v) is 2.70. The average Bonchev–Trinajstić information content (AvgIpc) is 2.91. The SMILES string of the molecule is Cc1noc(CNc2cc3nc(C)sc3cc2N)n1. The third kappa shape index (κ3) is 2.37. The Bertz CT molecular complexity index is 733. The molecule has 0 bridgehead atoms. The van der Waals surface area contributed by atoms with Crippen LogP contribution in [-0.2, 0) is 6.54 Å². The molecule has 0 saturated heterocycles. The summed E-state index contributed by atoms with van der Waals surface area (Å²) in [7, 11) is 0. The second-order valence-electron chi connectivity index (χ2n) is 4.23. The number of hydrogen-bond donors (Lipinski definition) is 2. The van der Waals surface area contributed by atoms with E-state index in [1.54, 1.807) is 18.3 Å². The second-order valence-corrected chi connectivity index (χ2v) is 5.46. The van der Waals surface area contributed by atoms with Crippen molar-refractivity contribution in [2.24, 2.45) is 0 Å². The van der Waals surface area contributed by atoms with E-state index < -0.39 is 0 Å². The van der Waals surface area contributed by atoms with E-state index >= 15 is 0 Å². The van der Waals surface area contributed by atoms with E-state index in [4.69, 9.17) is 10.3 Å². The maximum absolute atomic E-state index is 6.02. The lowest BCUT2D eigenvalue weighted by Gasteiger charge is -2.06. The number of aryl methyl sites for hydroxylation is 2. The highest BCUT2D eigenvalue weighted by atomic mass is 32.1. The summed E-state index contributed by atoms with van der Waals surface area (Å²) in [6.07, 6.45) is 0. The van der Waals surface area contributed by atoms with Crippen LogP contribution in [0.15, 0.2) is 16.7 Å². The van der Waals surface area contributed by atoms with E-state index in [0.717, 1.165) is 20.9 Å². The highest BCUT2D eigenvalue weighted by Crippen LogP contribution is 2.29. The van der Waals surface area contributed by atoms with Crippen molar-refractivity contribution in [2.45, 2.75) is 20.4 Å². The van der Waals surface area contributed by atoms with Crippen molar-refractivity contribution < 1.29 is 4.52 Å². The summed E-state index contributed by atoms with van der Waals surface area (Å²) in [6, 6.07) is 3.87. The molecule has 0 saturated carbocycles. The Balaban J connectivity index is 1.85. The molecular weight excluding hydrogens is 262 g/mol. The lowest BCUT2D eigenvalue weighted by Crippen LogP contribution is -2.02. The third-order valence-electron chi connectivity index (χ3n) is 2.67. The summed E-state index contributed by atoms with van der Waals surface area (Å²) in [5, 5.41) is 7.95. The molecule has 0 aliphatic carbocycles. The minimum Gasteiger partial charge on any atom is -0.397 e. The molecule has 0 unspecified atom stereocenters. The van der Waals surface area contributed by atoms with Gasteiger partial charge in [0.15, 0.2) is 5.82 Å². The van der Waals surface area contributed by atoms with E-state index in [9.17, 15) is 0 Å². The monoisotopic (exact) mass is 275 g/mol. The first-order valence-corrected chi connectivity index (χ1v) is 6.63. The van der Waals surface area contributed by atoms with Gasteiger partial charge in [0, 0.05) is 0 Å². The number of thiazole rings is 1. The van der Waals surface area contributed by atoms with Crippen molar-refractivity contribution in [3.05, 3.63) is 28.9 Å². The van der Waals surface area contributed by atoms with Gasteiger partial charge in [0.25, 0.3) is 0 Å². The molecule has 0 aliphatic heterocycles. The third-order valence-corrected chi connectivity index (χ3v) is 3.60. The highest BCUT2D eigenvalue weighted by molar-refractivity contribution is 7.18. The zero-order chi connectivity index (χ0) is 13.4. The van der Waals surface area contributed by atoms with Crippen molar-refractivity contribution in [1.29, 1.82) is 0 Å². The number of nitrogens with one attached hydrogen (secondary N) is 1. The lowest BCUT2D eigenvalue weighted by molar-refractivity contribution is 0.379. The Morgan fingerprint density at radius 1 is 1.32 bits per heavy atom. The smallest absolute Gasteiger partial charge is 0.245 e. The number of aromatic nitrogens is 3. The highest BCUT2D eigenvalue weighted by Gasteiger charge is 2.08. The zero-order valence-electron chi connectivity index (χ0n) is 10.6. The van der Waals surface area contributed by atoms with Crippen LogP contribution in [-0.4, -0.2) is 15.1 Å². The molecule has 1 aromatic carbocycles. The molecule has 3 rings (SSSR count). The molecule has 0 spiro atoms. The molecular formula is C12H13N5OS. The summed E-state index contributed by atoms with van der Waals surface area (Å²) < 4.78 is 6.13. The molecule has 7 heteroatoms. The van der Waals surface area contributed by atoms with Gasteiger partial charge in [-0.05, 0) is 26.0 Å². The Morgan fingerprint density at radius 3 is 2.89 bits per heavy atom. The van der Waals surface area contributed by atoms with Crippen LogP contribution in [0.2, 0.25) is 0 Å². The predicted octanol–water partition coefficient (Wildman–Crippen LogP) is 2.49.